The van der Waals surface area contributed by atoms with E-state index in [1.807, 2.05) is 24.3 Å². The molecule has 0 fully saturated rings. The summed E-state index contributed by atoms with van der Waals surface area (Å²) < 4.78 is 0.842. The van der Waals surface area contributed by atoms with Gasteiger partial charge in [0.2, 0.25) is 0 Å². The van der Waals surface area contributed by atoms with Gasteiger partial charge in [-0.05, 0) is 36.4 Å². The van der Waals surface area contributed by atoms with Gasteiger partial charge in [-0.25, -0.2) is 4.98 Å². The number of halogens is 1. The predicted molar refractivity (Wildman–Crippen MR) is 93.4 cm³/mol. The summed E-state index contributed by atoms with van der Waals surface area (Å²) in [7, 11) is 1.68. The third-order valence-electron chi connectivity index (χ3n) is 3.30. The van der Waals surface area contributed by atoms with E-state index in [1.54, 1.807) is 25.4 Å². The number of aliphatic imine (C=N–C) groups is 1. The van der Waals surface area contributed by atoms with Crippen molar-refractivity contribution < 1.29 is 0 Å². The van der Waals surface area contributed by atoms with E-state index in [2.05, 4.69) is 30.9 Å². The Kier molecular flexibility index (Phi) is 3.77. The van der Waals surface area contributed by atoms with Crippen molar-refractivity contribution in [1.82, 2.24) is 9.97 Å². The average Bonchev–Trinajstić information content (AvgIpc) is 2.50. The standard InChI is InChI=1S/C16H13BrN4O/c1-19-8-10-6-9(2-4-13(10)18)15-20-14-5-3-11(17)7-12(14)16(22)21-15/h2-8H,18H2,1H3,(H,20,21,22). The molecule has 3 N–H and O–H groups in total. The Morgan fingerprint density at radius 2 is 2.09 bits per heavy atom. The SMILES string of the molecule is CN=Cc1cc(-c2nc3ccc(Br)cc3c(=O)[nH]2)ccc1N. The number of benzene rings is 2. The van der Waals surface area contributed by atoms with Crippen molar-refractivity contribution >= 4 is 38.7 Å². The molecule has 0 spiro atoms. The Morgan fingerprint density at radius 3 is 2.86 bits per heavy atom. The summed E-state index contributed by atoms with van der Waals surface area (Å²) >= 11 is 3.36. The minimum atomic E-state index is -0.177. The third kappa shape index (κ3) is 2.65. The molecular weight excluding hydrogens is 344 g/mol. The van der Waals surface area contributed by atoms with Gasteiger partial charge in [-0.2, -0.15) is 0 Å². The van der Waals surface area contributed by atoms with Crippen molar-refractivity contribution in [1.29, 1.82) is 0 Å². The van der Waals surface area contributed by atoms with E-state index < -0.39 is 0 Å². The molecule has 22 heavy (non-hydrogen) atoms. The van der Waals surface area contributed by atoms with Gasteiger partial charge < -0.3 is 10.7 Å². The van der Waals surface area contributed by atoms with E-state index in [0.717, 1.165) is 15.6 Å². The fourth-order valence-electron chi connectivity index (χ4n) is 2.22. The molecule has 0 unspecified atom stereocenters. The van der Waals surface area contributed by atoms with Gasteiger partial charge in [-0.1, -0.05) is 15.9 Å². The normalized spacial score (nSPS) is 11.4. The largest absolute Gasteiger partial charge is 0.398 e. The van der Waals surface area contributed by atoms with Gasteiger partial charge in [0, 0.05) is 34.5 Å². The minimum Gasteiger partial charge on any atom is -0.398 e. The molecule has 1 heterocycles. The number of H-pyrrole nitrogens is 1. The maximum absolute atomic E-state index is 12.2. The molecule has 110 valence electrons. The van der Waals surface area contributed by atoms with Crippen LogP contribution in [0.1, 0.15) is 5.56 Å². The lowest BCUT2D eigenvalue weighted by molar-refractivity contribution is 1.18. The summed E-state index contributed by atoms with van der Waals surface area (Å²) in [6.07, 6.45) is 1.68. The number of fused-ring (bicyclic) bond motifs is 1. The molecule has 0 saturated heterocycles. The van der Waals surface area contributed by atoms with E-state index in [4.69, 9.17) is 5.73 Å². The van der Waals surface area contributed by atoms with Crippen molar-refractivity contribution in [3.05, 3.63) is 56.8 Å². The molecule has 0 radical (unpaired) electrons. The van der Waals surface area contributed by atoms with Crippen LogP contribution in [0.4, 0.5) is 5.69 Å². The van der Waals surface area contributed by atoms with Crippen LogP contribution >= 0.6 is 15.9 Å². The average molecular weight is 357 g/mol. The van der Waals surface area contributed by atoms with Gasteiger partial charge in [0.05, 0.1) is 10.9 Å². The summed E-state index contributed by atoms with van der Waals surface area (Å²) in [6, 6.07) is 10.9. The van der Waals surface area contributed by atoms with E-state index in [0.29, 0.717) is 22.4 Å². The van der Waals surface area contributed by atoms with Crippen LogP contribution < -0.4 is 11.3 Å². The van der Waals surface area contributed by atoms with Crippen molar-refractivity contribution in [2.45, 2.75) is 0 Å². The molecule has 6 heteroatoms. The zero-order valence-electron chi connectivity index (χ0n) is 11.8. The van der Waals surface area contributed by atoms with Gasteiger partial charge in [0.25, 0.3) is 5.56 Å². The summed E-state index contributed by atoms with van der Waals surface area (Å²) in [5, 5.41) is 0.545. The molecule has 0 bridgehead atoms. The second kappa shape index (κ2) is 5.73. The van der Waals surface area contributed by atoms with Crippen molar-refractivity contribution in [2.24, 2.45) is 4.99 Å². The lowest BCUT2D eigenvalue weighted by atomic mass is 10.1. The number of hydrogen-bond donors (Lipinski definition) is 2. The maximum atomic E-state index is 12.2. The first kappa shape index (κ1) is 14.5. The monoisotopic (exact) mass is 356 g/mol. The number of aromatic nitrogens is 2. The second-order valence-electron chi connectivity index (χ2n) is 4.81. The zero-order chi connectivity index (χ0) is 15.7. The number of nitrogens with zero attached hydrogens (tertiary/aromatic N) is 2. The fourth-order valence-corrected chi connectivity index (χ4v) is 2.58. The maximum Gasteiger partial charge on any atom is 0.259 e. The number of aromatic amines is 1. The van der Waals surface area contributed by atoms with Crippen LogP contribution in [0.5, 0.6) is 0 Å². The smallest absolute Gasteiger partial charge is 0.259 e. The lowest BCUT2D eigenvalue weighted by Crippen LogP contribution is -2.09. The first-order valence-corrected chi connectivity index (χ1v) is 7.39. The highest BCUT2D eigenvalue weighted by atomic mass is 79.9. The number of nitrogen functional groups attached to an aromatic ring is 1. The van der Waals surface area contributed by atoms with Crippen LogP contribution in [-0.2, 0) is 0 Å². The van der Waals surface area contributed by atoms with Crippen LogP contribution in [0, 0.1) is 0 Å². The summed E-state index contributed by atoms with van der Waals surface area (Å²) in [5.41, 5.74) is 8.57. The van der Waals surface area contributed by atoms with Crippen molar-refractivity contribution in [3.63, 3.8) is 0 Å². The molecule has 3 rings (SSSR count). The fraction of sp³-hybridized carbons (Fsp3) is 0.0625. The molecule has 0 saturated carbocycles. The van der Waals surface area contributed by atoms with Gasteiger partial charge in [-0.3, -0.25) is 9.79 Å². The van der Waals surface area contributed by atoms with Crippen LogP contribution in [0.3, 0.4) is 0 Å². The Balaban J connectivity index is 2.20. The van der Waals surface area contributed by atoms with Gasteiger partial charge in [0.1, 0.15) is 5.82 Å². The van der Waals surface area contributed by atoms with E-state index in [1.165, 1.54) is 0 Å². The number of hydrogen-bond acceptors (Lipinski definition) is 4. The molecule has 1 aromatic heterocycles. The highest BCUT2D eigenvalue weighted by Crippen LogP contribution is 2.22. The van der Waals surface area contributed by atoms with E-state index in [-0.39, 0.29) is 5.56 Å². The van der Waals surface area contributed by atoms with Gasteiger partial charge in [-0.15, -0.1) is 0 Å². The molecule has 0 aliphatic rings. The highest BCUT2D eigenvalue weighted by Gasteiger charge is 2.08. The number of anilines is 1. The van der Waals surface area contributed by atoms with Gasteiger partial charge >= 0.3 is 0 Å². The minimum absolute atomic E-state index is 0.177. The molecular formula is C16H13BrN4O. The van der Waals surface area contributed by atoms with Crippen LogP contribution in [-0.4, -0.2) is 23.2 Å². The lowest BCUT2D eigenvalue weighted by Gasteiger charge is -2.06. The molecule has 3 aromatic rings. The first-order valence-electron chi connectivity index (χ1n) is 6.60. The number of rotatable bonds is 2. The third-order valence-corrected chi connectivity index (χ3v) is 3.79. The Bertz CT molecular complexity index is 947. The summed E-state index contributed by atoms with van der Waals surface area (Å²) in [6.45, 7) is 0. The molecule has 0 amide bonds. The molecule has 2 aromatic carbocycles. The zero-order valence-corrected chi connectivity index (χ0v) is 13.4. The van der Waals surface area contributed by atoms with Crippen molar-refractivity contribution in [3.8, 4) is 11.4 Å². The van der Waals surface area contributed by atoms with Crippen molar-refractivity contribution in [2.75, 3.05) is 12.8 Å². The van der Waals surface area contributed by atoms with Crippen LogP contribution in [0.25, 0.3) is 22.3 Å². The van der Waals surface area contributed by atoms with E-state index in [9.17, 15) is 4.79 Å². The first-order chi connectivity index (χ1) is 10.6. The Labute approximate surface area is 135 Å². The summed E-state index contributed by atoms with van der Waals surface area (Å²) in [5.74, 6) is 0.505. The Hall–Kier alpha value is -2.47. The quantitative estimate of drug-likeness (QED) is 0.546. The highest BCUT2D eigenvalue weighted by molar-refractivity contribution is 9.10. The molecule has 0 aliphatic heterocycles. The Morgan fingerprint density at radius 1 is 1.27 bits per heavy atom. The van der Waals surface area contributed by atoms with Gasteiger partial charge in [0.15, 0.2) is 0 Å². The molecule has 0 aliphatic carbocycles. The second-order valence-corrected chi connectivity index (χ2v) is 5.72. The topological polar surface area (TPSA) is 84.1 Å². The number of nitrogens with one attached hydrogen (secondary N) is 1. The van der Waals surface area contributed by atoms with Crippen LogP contribution in [0.15, 0.2) is 50.7 Å². The number of nitrogens with two attached hydrogens (primary N) is 1. The van der Waals surface area contributed by atoms with E-state index >= 15 is 0 Å². The predicted octanol–water partition coefficient (Wildman–Crippen LogP) is 2.98. The molecule has 0 atom stereocenters. The van der Waals surface area contributed by atoms with Crippen LogP contribution in [0.2, 0.25) is 0 Å². The molecule has 5 nitrogen and oxygen atoms in total. The summed E-state index contributed by atoms with van der Waals surface area (Å²) in [4.78, 5) is 23.5.